The van der Waals surface area contributed by atoms with Gasteiger partial charge in [0.25, 0.3) is 0 Å². The number of nitro groups is 1. The lowest BCUT2D eigenvalue weighted by Crippen LogP contribution is -2.45. The fraction of sp³-hybridized carbons (Fsp3) is 0.400. The maximum Gasteiger partial charge on any atom is 0.313 e. The van der Waals surface area contributed by atoms with Crippen LogP contribution in [0.3, 0.4) is 0 Å². The van der Waals surface area contributed by atoms with E-state index in [1.165, 1.54) is 23.9 Å². The Kier molecular flexibility index (Phi) is 5.22. The number of ether oxygens (including phenoxy) is 1. The van der Waals surface area contributed by atoms with Gasteiger partial charge in [-0.25, -0.2) is 4.98 Å². The molecular weight excluding hydrogens is 358 g/mol. The quantitative estimate of drug-likeness (QED) is 0.473. The highest BCUT2D eigenvalue weighted by molar-refractivity contribution is 5.86. The van der Waals surface area contributed by atoms with Crippen LogP contribution in [0.4, 0.5) is 17.2 Å². The Labute approximate surface area is 164 Å². The first-order chi connectivity index (χ1) is 13.2. The van der Waals surface area contributed by atoms with Crippen molar-refractivity contribution >= 4 is 23.4 Å². The second-order valence-electron chi connectivity index (χ2n) is 7.63. The van der Waals surface area contributed by atoms with Crippen molar-refractivity contribution in [3.05, 3.63) is 51.7 Å². The first-order valence-electron chi connectivity index (χ1n) is 9.09. The molecule has 0 spiro atoms. The summed E-state index contributed by atoms with van der Waals surface area (Å²) in [5, 5.41) is 15.2. The number of hydrogen-bond donors (Lipinski definition) is 1. The molecule has 1 aliphatic heterocycles. The van der Waals surface area contributed by atoms with Crippen molar-refractivity contribution in [3.63, 3.8) is 0 Å². The van der Waals surface area contributed by atoms with Gasteiger partial charge in [0.15, 0.2) is 0 Å². The number of fused-ring (bicyclic) bond motifs is 1. The summed E-state index contributed by atoms with van der Waals surface area (Å²) < 4.78 is 5.56. The van der Waals surface area contributed by atoms with Gasteiger partial charge in [0, 0.05) is 42.2 Å². The van der Waals surface area contributed by atoms with Crippen LogP contribution in [0.15, 0.2) is 35.6 Å². The second-order valence-corrected chi connectivity index (χ2v) is 7.63. The predicted octanol–water partition coefficient (Wildman–Crippen LogP) is 4.17. The molecule has 1 N–H and O–H groups in total. The Morgan fingerprint density at radius 1 is 1.46 bits per heavy atom. The normalized spacial score (nSPS) is 18.0. The molecule has 3 rings (SSSR count). The van der Waals surface area contributed by atoms with Crippen molar-refractivity contribution in [2.75, 3.05) is 24.5 Å². The van der Waals surface area contributed by atoms with Gasteiger partial charge >= 0.3 is 5.69 Å². The molecule has 0 saturated carbocycles. The lowest BCUT2D eigenvalue weighted by molar-refractivity contribution is -0.384. The van der Waals surface area contributed by atoms with Gasteiger partial charge in [-0.2, -0.15) is 5.10 Å². The molecule has 2 aromatic rings. The molecule has 1 aliphatic rings. The van der Waals surface area contributed by atoms with Crippen molar-refractivity contribution in [1.29, 1.82) is 0 Å². The van der Waals surface area contributed by atoms with Gasteiger partial charge in [0.05, 0.1) is 18.2 Å². The average molecular weight is 383 g/mol. The number of nitrogens with zero attached hydrogens (tertiary/aromatic N) is 4. The van der Waals surface area contributed by atoms with E-state index < -0.39 is 4.92 Å². The smallest absolute Gasteiger partial charge is 0.313 e. The van der Waals surface area contributed by atoms with Gasteiger partial charge in [-0.1, -0.05) is 6.92 Å². The molecule has 0 bridgehead atoms. The summed E-state index contributed by atoms with van der Waals surface area (Å²) in [6.07, 6.45) is 4.12. The number of aromatic nitrogens is 1. The molecule has 1 aromatic heterocycles. The highest BCUT2D eigenvalue weighted by Crippen LogP contribution is 2.44. The van der Waals surface area contributed by atoms with Crippen LogP contribution in [0.25, 0.3) is 0 Å². The van der Waals surface area contributed by atoms with Crippen LogP contribution in [0.5, 0.6) is 5.75 Å². The summed E-state index contributed by atoms with van der Waals surface area (Å²) in [7, 11) is 3.72. The van der Waals surface area contributed by atoms with Crippen LogP contribution in [0, 0.1) is 10.1 Å². The number of hydrazone groups is 1. The van der Waals surface area contributed by atoms with E-state index in [4.69, 9.17) is 4.74 Å². The van der Waals surface area contributed by atoms with Crippen molar-refractivity contribution in [1.82, 2.24) is 4.98 Å². The van der Waals surface area contributed by atoms with E-state index in [-0.39, 0.29) is 17.0 Å². The highest BCUT2D eigenvalue weighted by atomic mass is 16.6. The number of methoxy groups -OCH3 is 1. The maximum atomic E-state index is 11.1. The SMILES string of the molecule is COc1cc2c(cc1/C=N\Nc1ncccc1[N+](=O)[O-])C(C)CC(C)(C)N2C. The third-order valence-corrected chi connectivity index (χ3v) is 5.34. The Morgan fingerprint density at radius 2 is 2.21 bits per heavy atom. The highest BCUT2D eigenvalue weighted by Gasteiger charge is 2.34. The number of nitrogens with one attached hydrogen (secondary N) is 1. The van der Waals surface area contributed by atoms with Crippen LogP contribution >= 0.6 is 0 Å². The molecule has 1 unspecified atom stereocenters. The minimum atomic E-state index is -0.496. The number of benzene rings is 1. The Morgan fingerprint density at radius 3 is 2.89 bits per heavy atom. The third-order valence-electron chi connectivity index (χ3n) is 5.34. The zero-order chi connectivity index (χ0) is 20.5. The van der Waals surface area contributed by atoms with E-state index >= 15 is 0 Å². The van der Waals surface area contributed by atoms with Gasteiger partial charge in [-0.15, -0.1) is 0 Å². The summed E-state index contributed by atoms with van der Waals surface area (Å²) in [5.41, 5.74) is 5.76. The summed E-state index contributed by atoms with van der Waals surface area (Å²) in [6.45, 7) is 6.69. The molecule has 28 heavy (non-hydrogen) atoms. The molecule has 0 amide bonds. The minimum absolute atomic E-state index is 0.0620. The van der Waals surface area contributed by atoms with Crippen molar-refractivity contribution in [3.8, 4) is 5.75 Å². The van der Waals surface area contributed by atoms with Crippen molar-refractivity contribution in [2.24, 2.45) is 5.10 Å². The Balaban J connectivity index is 1.92. The largest absolute Gasteiger partial charge is 0.496 e. The summed E-state index contributed by atoms with van der Waals surface area (Å²) >= 11 is 0. The lowest BCUT2D eigenvalue weighted by Gasteiger charge is -2.45. The number of rotatable bonds is 5. The zero-order valence-corrected chi connectivity index (χ0v) is 16.8. The van der Waals surface area contributed by atoms with Gasteiger partial charge in [-0.3, -0.25) is 15.5 Å². The number of anilines is 2. The minimum Gasteiger partial charge on any atom is -0.496 e. The average Bonchev–Trinajstić information content (AvgIpc) is 2.66. The van der Waals surface area contributed by atoms with Crippen LogP contribution in [-0.2, 0) is 0 Å². The van der Waals surface area contributed by atoms with E-state index in [1.54, 1.807) is 13.3 Å². The van der Waals surface area contributed by atoms with Crippen LogP contribution in [-0.4, -0.2) is 35.8 Å². The lowest BCUT2D eigenvalue weighted by atomic mass is 9.80. The molecule has 8 heteroatoms. The van der Waals surface area contributed by atoms with Gasteiger partial charge < -0.3 is 9.64 Å². The van der Waals surface area contributed by atoms with Gasteiger partial charge in [-0.05, 0) is 43.9 Å². The molecule has 0 saturated heterocycles. The molecule has 148 valence electrons. The third kappa shape index (κ3) is 3.62. The predicted molar refractivity (Wildman–Crippen MR) is 111 cm³/mol. The zero-order valence-electron chi connectivity index (χ0n) is 16.8. The second kappa shape index (κ2) is 7.46. The fourth-order valence-electron chi connectivity index (χ4n) is 3.68. The van der Waals surface area contributed by atoms with Gasteiger partial charge in [0.2, 0.25) is 5.82 Å². The van der Waals surface area contributed by atoms with Crippen LogP contribution in [0.2, 0.25) is 0 Å². The molecule has 0 aliphatic carbocycles. The number of pyridine rings is 1. The molecule has 1 atom stereocenters. The molecule has 0 radical (unpaired) electrons. The molecule has 1 aromatic carbocycles. The first kappa shape index (κ1) is 19.6. The summed E-state index contributed by atoms with van der Waals surface area (Å²) in [6, 6.07) is 6.99. The molecule has 8 nitrogen and oxygen atoms in total. The summed E-state index contributed by atoms with van der Waals surface area (Å²) in [4.78, 5) is 16.8. The fourth-order valence-corrected chi connectivity index (χ4v) is 3.68. The number of hydrogen-bond acceptors (Lipinski definition) is 7. The van der Waals surface area contributed by atoms with Crippen LogP contribution < -0.4 is 15.1 Å². The monoisotopic (exact) mass is 383 g/mol. The van der Waals surface area contributed by atoms with Crippen molar-refractivity contribution < 1.29 is 9.66 Å². The van der Waals surface area contributed by atoms with E-state index in [1.807, 2.05) is 6.07 Å². The molecule has 0 fully saturated rings. The van der Waals surface area contributed by atoms with E-state index in [0.717, 1.165) is 17.7 Å². The summed E-state index contributed by atoms with van der Waals surface area (Å²) in [5.74, 6) is 1.18. The first-order valence-corrected chi connectivity index (χ1v) is 9.09. The topological polar surface area (TPSA) is 92.9 Å². The van der Waals surface area contributed by atoms with E-state index in [9.17, 15) is 10.1 Å². The standard InChI is InChI=1S/C20H25N5O3/c1-13-11-20(2,3)24(4)17-10-18(28-5)14(9-15(13)17)12-22-23-19-16(25(26)27)7-6-8-21-19/h6-10,12-13H,11H2,1-5H3,(H,21,23)/b22-12-. The van der Waals surface area contributed by atoms with Crippen LogP contribution in [0.1, 0.15) is 44.2 Å². The molecule has 2 heterocycles. The maximum absolute atomic E-state index is 11.1. The van der Waals surface area contributed by atoms with Crippen molar-refractivity contribution in [2.45, 2.75) is 38.6 Å². The van der Waals surface area contributed by atoms with E-state index in [0.29, 0.717) is 11.7 Å². The van der Waals surface area contributed by atoms with Gasteiger partial charge in [0.1, 0.15) is 5.75 Å². The Hall–Kier alpha value is -3.16. The Bertz CT molecular complexity index is 926. The van der Waals surface area contributed by atoms with E-state index in [2.05, 4.69) is 54.3 Å². The molecular formula is C20H25N5O3.